The van der Waals surface area contributed by atoms with Crippen LogP contribution in [0.1, 0.15) is 28.4 Å². The lowest BCUT2D eigenvalue weighted by Crippen LogP contribution is -2.31. The van der Waals surface area contributed by atoms with Crippen LogP contribution < -0.4 is 4.31 Å². The topological polar surface area (TPSA) is 84.0 Å². The van der Waals surface area contributed by atoms with E-state index in [-0.39, 0.29) is 17.2 Å². The van der Waals surface area contributed by atoms with Crippen molar-refractivity contribution in [2.45, 2.75) is 12.5 Å². The number of sulfonamides is 1. The molecule has 2 aromatic carbocycles. The van der Waals surface area contributed by atoms with Crippen molar-refractivity contribution in [1.82, 2.24) is 4.90 Å². The number of carbonyl (C=O) groups excluding carboxylic acids is 2. The van der Waals surface area contributed by atoms with Gasteiger partial charge in [0.25, 0.3) is 5.91 Å². The summed E-state index contributed by atoms with van der Waals surface area (Å²) in [5.41, 5.74) is 1.17. The van der Waals surface area contributed by atoms with Crippen molar-refractivity contribution in [2.75, 3.05) is 30.7 Å². The first-order valence-corrected chi connectivity index (χ1v) is 10.5. The fourth-order valence-electron chi connectivity index (χ4n) is 3.02. The van der Waals surface area contributed by atoms with E-state index in [0.29, 0.717) is 24.2 Å². The molecule has 7 nitrogen and oxygen atoms in total. The Morgan fingerprint density at radius 2 is 1.79 bits per heavy atom. The Balaban J connectivity index is 1.86. The molecule has 0 N–H and O–H groups in total. The average molecular weight is 402 g/mol. The second kappa shape index (κ2) is 8.02. The number of nitrogens with zero attached hydrogens (tertiary/aromatic N) is 2. The van der Waals surface area contributed by atoms with E-state index in [1.165, 1.54) is 21.3 Å². The predicted octanol–water partition coefficient (Wildman–Crippen LogP) is 2.21. The van der Waals surface area contributed by atoms with Gasteiger partial charge in [-0.1, -0.05) is 36.4 Å². The Bertz CT molecular complexity index is 973. The van der Waals surface area contributed by atoms with Crippen LogP contribution in [0.4, 0.5) is 5.69 Å². The highest BCUT2D eigenvalue weighted by Gasteiger charge is 2.30. The van der Waals surface area contributed by atoms with E-state index >= 15 is 0 Å². The Morgan fingerprint density at radius 1 is 1.07 bits per heavy atom. The van der Waals surface area contributed by atoms with E-state index in [1.54, 1.807) is 50.5 Å². The molecule has 1 saturated heterocycles. The van der Waals surface area contributed by atoms with Gasteiger partial charge in [0.1, 0.15) is 0 Å². The van der Waals surface area contributed by atoms with Gasteiger partial charge in [-0.2, -0.15) is 0 Å². The molecule has 1 heterocycles. The second-order valence-corrected chi connectivity index (χ2v) is 8.73. The summed E-state index contributed by atoms with van der Waals surface area (Å²) in [7, 11) is -0.176. The van der Waals surface area contributed by atoms with Crippen LogP contribution in [0.5, 0.6) is 0 Å². The molecule has 8 heteroatoms. The lowest BCUT2D eigenvalue weighted by Gasteiger charge is -2.22. The van der Waals surface area contributed by atoms with Gasteiger partial charge in [0.05, 0.1) is 17.0 Å². The summed E-state index contributed by atoms with van der Waals surface area (Å²) < 4.78 is 31.1. The third kappa shape index (κ3) is 4.17. The maximum Gasteiger partial charge on any atom is 0.339 e. The molecular formula is C20H22N2O5S. The molecule has 0 aromatic heterocycles. The van der Waals surface area contributed by atoms with E-state index in [9.17, 15) is 18.0 Å². The van der Waals surface area contributed by atoms with Gasteiger partial charge in [0, 0.05) is 26.2 Å². The summed E-state index contributed by atoms with van der Waals surface area (Å²) in [6.45, 7) is 0.382. The number of hydrogen-bond donors (Lipinski definition) is 0. The lowest BCUT2D eigenvalue weighted by atomic mass is 10.1. The zero-order valence-corrected chi connectivity index (χ0v) is 16.6. The smallest absolute Gasteiger partial charge is 0.339 e. The average Bonchev–Trinajstić information content (AvgIpc) is 3.05. The number of esters is 1. The Morgan fingerprint density at radius 3 is 2.39 bits per heavy atom. The minimum Gasteiger partial charge on any atom is -0.444 e. The zero-order chi connectivity index (χ0) is 20.3. The number of anilines is 1. The lowest BCUT2D eigenvalue weighted by molar-refractivity contribution is -0.138. The molecule has 1 unspecified atom stereocenters. The van der Waals surface area contributed by atoms with E-state index < -0.39 is 22.1 Å². The first-order valence-electron chi connectivity index (χ1n) is 8.87. The van der Waals surface area contributed by atoms with E-state index in [2.05, 4.69) is 0 Å². The Labute approximate surface area is 164 Å². The summed E-state index contributed by atoms with van der Waals surface area (Å²) in [5.74, 6) is -0.963. The number of amides is 1. The van der Waals surface area contributed by atoms with Gasteiger partial charge in [-0.05, 0) is 24.6 Å². The second-order valence-electron chi connectivity index (χ2n) is 6.72. The number of carbonyl (C=O) groups is 2. The van der Waals surface area contributed by atoms with Gasteiger partial charge in [0.15, 0.2) is 0 Å². The monoisotopic (exact) mass is 402 g/mol. The van der Waals surface area contributed by atoms with Crippen LogP contribution in [-0.2, 0) is 19.6 Å². The number of hydrogen-bond acceptors (Lipinski definition) is 5. The molecule has 1 aliphatic rings. The van der Waals surface area contributed by atoms with Crippen LogP contribution in [0.15, 0.2) is 54.6 Å². The zero-order valence-electron chi connectivity index (χ0n) is 15.7. The third-order valence-electron chi connectivity index (χ3n) is 4.46. The molecule has 1 atom stereocenters. The van der Waals surface area contributed by atoms with Gasteiger partial charge in [-0.3, -0.25) is 9.10 Å². The molecule has 1 aliphatic heterocycles. The minimum atomic E-state index is -3.35. The molecule has 3 rings (SSSR count). The van der Waals surface area contributed by atoms with Crippen molar-refractivity contribution in [3.05, 3.63) is 65.7 Å². The SMILES string of the molecule is CN(C)C(=O)C(OC(=O)c1cccc(N2CCCS2(=O)=O)c1)c1ccccc1. The normalized spacial score (nSPS) is 16.4. The van der Waals surface area contributed by atoms with Crippen LogP contribution in [-0.4, -0.2) is 51.6 Å². The first-order chi connectivity index (χ1) is 13.3. The van der Waals surface area contributed by atoms with E-state index in [0.717, 1.165) is 0 Å². The molecule has 0 spiro atoms. The Hall–Kier alpha value is -2.87. The highest BCUT2D eigenvalue weighted by atomic mass is 32.2. The summed E-state index contributed by atoms with van der Waals surface area (Å²) in [4.78, 5) is 26.6. The quantitative estimate of drug-likeness (QED) is 0.716. The van der Waals surface area contributed by atoms with E-state index in [4.69, 9.17) is 4.74 Å². The molecule has 1 fully saturated rings. The van der Waals surface area contributed by atoms with Gasteiger partial charge in [-0.25, -0.2) is 13.2 Å². The molecule has 0 aliphatic carbocycles. The van der Waals surface area contributed by atoms with E-state index in [1.807, 2.05) is 6.07 Å². The molecule has 1 amide bonds. The summed E-state index contributed by atoms with van der Waals surface area (Å²) in [5, 5.41) is 0. The molecule has 2 aromatic rings. The minimum absolute atomic E-state index is 0.0924. The van der Waals surface area contributed by atoms with Crippen LogP contribution >= 0.6 is 0 Å². The molecule has 148 valence electrons. The standard InChI is InChI=1S/C20H22N2O5S/c1-21(2)19(23)18(15-8-4-3-5-9-15)27-20(24)16-10-6-11-17(14-16)22-12-7-13-28(22,25)26/h3-6,8-11,14,18H,7,12-13H2,1-2H3. The largest absolute Gasteiger partial charge is 0.444 e. The predicted molar refractivity (Wildman–Crippen MR) is 105 cm³/mol. The maximum absolute atomic E-state index is 12.7. The summed E-state index contributed by atoms with van der Waals surface area (Å²) in [6, 6.07) is 15.0. The highest BCUT2D eigenvalue weighted by Crippen LogP contribution is 2.26. The van der Waals surface area contributed by atoms with Crippen LogP contribution in [0, 0.1) is 0 Å². The van der Waals surface area contributed by atoms with Gasteiger partial charge >= 0.3 is 5.97 Å². The van der Waals surface area contributed by atoms with Crippen molar-refractivity contribution < 1.29 is 22.7 Å². The van der Waals surface area contributed by atoms with Gasteiger partial charge in [-0.15, -0.1) is 0 Å². The number of rotatable bonds is 5. The number of ether oxygens (including phenoxy) is 1. The first kappa shape index (κ1) is 19.9. The van der Waals surface area contributed by atoms with Crippen LogP contribution in [0.25, 0.3) is 0 Å². The van der Waals surface area contributed by atoms with Crippen LogP contribution in [0.3, 0.4) is 0 Å². The fraction of sp³-hybridized carbons (Fsp3) is 0.300. The molecule has 0 saturated carbocycles. The molecule has 0 radical (unpaired) electrons. The van der Waals surface area contributed by atoms with Crippen molar-refractivity contribution in [3.8, 4) is 0 Å². The van der Waals surface area contributed by atoms with Gasteiger partial charge in [0.2, 0.25) is 16.1 Å². The molecular weight excluding hydrogens is 380 g/mol. The summed E-state index contributed by atoms with van der Waals surface area (Å²) in [6.07, 6.45) is -0.535. The number of benzene rings is 2. The number of likely N-dealkylation sites (N-methyl/N-ethyl adjacent to an activating group) is 1. The third-order valence-corrected chi connectivity index (χ3v) is 6.33. The highest BCUT2D eigenvalue weighted by molar-refractivity contribution is 7.93. The summed E-state index contributed by atoms with van der Waals surface area (Å²) >= 11 is 0. The van der Waals surface area contributed by atoms with Crippen LogP contribution in [0.2, 0.25) is 0 Å². The van der Waals surface area contributed by atoms with Crippen molar-refractivity contribution in [2.24, 2.45) is 0 Å². The van der Waals surface area contributed by atoms with Crippen molar-refractivity contribution in [3.63, 3.8) is 0 Å². The maximum atomic E-state index is 12.7. The molecule has 0 bridgehead atoms. The van der Waals surface area contributed by atoms with Crippen molar-refractivity contribution >= 4 is 27.6 Å². The molecule has 28 heavy (non-hydrogen) atoms. The Kier molecular flexibility index (Phi) is 5.69. The fourth-order valence-corrected chi connectivity index (χ4v) is 4.57. The van der Waals surface area contributed by atoms with Gasteiger partial charge < -0.3 is 9.64 Å². The van der Waals surface area contributed by atoms with Crippen molar-refractivity contribution in [1.29, 1.82) is 0 Å².